The molecule has 3 atom stereocenters. The zero-order chi connectivity index (χ0) is 30.6. The highest BCUT2D eigenvalue weighted by Crippen LogP contribution is 2.15. The van der Waals surface area contributed by atoms with E-state index in [2.05, 4.69) is 16.0 Å². The van der Waals surface area contributed by atoms with Gasteiger partial charge in [0.25, 0.3) is 0 Å². The highest BCUT2D eigenvalue weighted by molar-refractivity contribution is 5.95. The lowest BCUT2D eigenvalue weighted by Gasteiger charge is -2.25. The van der Waals surface area contributed by atoms with Gasteiger partial charge in [0.05, 0.1) is 13.0 Å². The summed E-state index contributed by atoms with van der Waals surface area (Å²) in [6.07, 6.45) is -1.56. The Labute approximate surface area is 237 Å². The smallest absolute Gasteiger partial charge is 0.408 e. The first-order valence-electron chi connectivity index (χ1n) is 12.8. The highest BCUT2D eigenvalue weighted by atomic mass is 16.6. The number of hydrogen-bond acceptors (Lipinski definition) is 8. The Morgan fingerprint density at radius 3 is 1.93 bits per heavy atom. The maximum Gasteiger partial charge on any atom is 0.408 e. The Hall–Kier alpha value is -4.65. The Morgan fingerprint density at radius 1 is 0.805 bits per heavy atom. The number of hydrogen-bond donors (Lipinski definition) is 6. The molecule has 5 amide bonds. The van der Waals surface area contributed by atoms with Gasteiger partial charge in [0, 0.05) is 6.42 Å². The molecule has 0 saturated carbocycles. The van der Waals surface area contributed by atoms with Gasteiger partial charge in [0.15, 0.2) is 0 Å². The minimum atomic E-state index is -1.53. The normalized spacial score (nSPS) is 13.2. The van der Waals surface area contributed by atoms with E-state index in [0.29, 0.717) is 17.9 Å². The highest BCUT2D eigenvalue weighted by Gasteiger charge is 2.30. The van der Waals surface area contributed by atoms with Crippen molar-refractivity contribution in [2.24, 2.45) is 11.5 Å². The standard InChI is InChI=1S/C28H37N5O8/c1-28(2,3)41-27(39)33-21(14-23(29)35)25(37)32-22(15-34)26(38)31-20(24(30)36)13-17-9-11-19(12-10-17)40-16-18-7-5-4-6-8-18/h4-12,20-22,34H,13-16H2,1-3H3,(H2,29,35)(H2,30,36)(H,31,38)(H,32,37)(H,33,39)/t20-,21-,22+/m0/s1. The molecule has 8 N–H and O–H groups in total. The van der Waals surface area contributed by atoms with Gasteiger partial charge in [-0.15, -0.1) is 0 Å². The van der Waals surface area contributed by atoms with Crippen LogP contribution in [-0.4, -0.2) is 65.2 Å². The minimum Gasteiger partial charge on any atom is -0.489 e. The van der Waals surface area contributed by atoms with Gasteiger partial charge in [0.1, 0.15) is 36.1 Å². The predicted molar refractivity (Wildman–Crippen MR) is 148 cm³/mol. The molecule has 222 valence electrons. The van der Waals surface area contributed by atoms with Crippen molar-refractivity contribution >= 4 is 29.7 Å². The van der Waals surface area contributed by atoms with E-state index in [1.54, 1.807) is 45.0 Å². The molecule has 13 heteroatoms. The van der Waals surface area contributed by atoms with E-state index in [4.69, 9.17) is 20.9 Å². The first kappa shape index (κ1) is 32.6. The van der Waals surface area contributed by atoms with E-state index in [1.807, 2.05) is 30.3 Å². The second kappa shape index (κ2) is 15.2. The molecule has 0 aliphatic carbocycles. The second-order valence-electron chi connectivity index (χ2n) is 10.2. The third-order valence-electron chi connectivity index (χ3n) is 5.50. The van der Waals surface area contributed by atoms with Crippen LogP contribution in [0.4, 0.5) is 4.79 Å². The van der Waals surface area contributed by atoms with Crippen molar-refractivity contribution in [3.8, 4) is 5.75 Å². The molecule has 0 saturated heterocycles. The summed E-state index contributed by atoms with van der Waals surface area (Å²) in [4.78, 5) is 61.2. The summed E-state index contributed by atoms with van der Waals surface area (Å²) >= 11 is 0. The number of benzene rings is 2. The zero-order valence-electron chi connectivity index (χ0n) is 23.2. The number of alkyl carbamates (subject to hydrolysis) is 1. The van der Waals surface area contributed by atoms with E-state index < -0.39 is 66.5 Å². The average molecular weight is 572 g/mol. The fraction of sp³-hybridized carbons (Fsp3) is 0.393. The van der Waals surface area contributed by atoms with Gasteiger partial charge in [-0.25, -0.2) is 4.79 Å². The molecule has 0 heterocycles. The van der Waals surface area contributed by atoms with Crippen molar-refractivity contribution in [3.63, 3.8) is 0 Å². The van der Waals surface area contributed by atoms with Gasteiger partial charge >= 0.3 is 6.09 Å². The van der Waals surface area contributed by atoms with E-state index in [-0.39, 0.29) is 6.42 Å². The summed E-state index contributed by atoms with van der Waals surface area (Å²) < 4.78 is 10.8. The molecule has 0 bridgehead atoms. The molecule has 0 aliphatic heterocycles. The number of ether oxygens (including phenoxy) is 2. The number of amides is 5. The number of carbonyl (C=O) groups excluding carboxylic acids is 5. The number of aliphatic hydroxyl groups is 1. The molecule has 13 nitrogen and oxygen atoms in total. The van der Waals surface area contributed by atoms with Crippen LogP contribution < -0.4 is 32.2 Å². The lowest BCUT2D eigenvalue weighted by atomic mass is 10.0. The van der Waals surface area contributed by atoms with Crippen LogP contribution >= 0.6 is 0 Å². The second-order valence-corrected chi connectivity index (χ2v) is 10.2. The zero-order valence-corrected chi connectivity index (χ0v) is 23.2. The minimum absolute atomic E-state index is 0.0244. The fourth-order valence-corrected chi connectivity index (χ4v) is 3.52. The van der Waals surface area contributed by atoms with Crippen molar-refractivity contribution in [1.82, 2.24) is 16.0 Å². The molecule has 2 aromatic carbocycles. The molecule has 2 aromatic rings. The van der Waals surface area contributed by atoms with E-state index in [1.165, 1.54) is 0 Å². The quantitative estimate of drug-likeness (QED) is 0.181. The maximum absolute atomic E-state index is 12.8. The van der Waals surface area contributed by atoms with Crippen molar-refractivity contribution in [3.05, 3.63) is 65.7 Å². The summed E-state index contributed by atoms with van der Waals surface area (Å²) in [5.74, 6) is -3.04. The average Bonchev–Trinajstić information content (AvgIpc) is 2.89. The summed E-state index contributed by atoms with van der Waals surface area (Å²) in [7, 11) is 0. The van der Waals surface area contributed by atoms with Crippen LogP contribution in [0.5, 0.6) is 5.75 Å². The number of rotatable bonds is 14. The SMILES string of the molecule is CC(C)(C)OC(=O)N[C@@H](CC(N)=O)C(=O)N[C@H](CO)C(=O)N[C@@H](Cc1ccc(OCc2ccccc2)cc1)C(N)=O. The first-order chi connectivity index (χ1) is 19.3. The van der Waals surface area contributed by atoms with Gasteiger partial charge in [-0.05, 0) is 44.0 Å². The Balaban J connectivity index is 2.00. The molecular weight excluding hydrogens is 534 g/mol. The van der Waals surface area contributed by atoms with E-state index >= 15 is 0 Å². The summed E-state index contributed by atoms with van der Waals surface area (Å²) in [6, 6.07) is 12.3. The lowest BCUT2D eigenvalue weighted by Crippen LogP contribution is -2.58. The van der Waals surface area contributed by atoms with Crippen LogP contribution in [0.25, 0.3) is 0 Å². The fourth-order valence-electron chi connectivity index (χ4n) is 3.52. The predicted octanol–water partition coefficient (Wildman–Crippen LogP) is 0.0240. The van der Waals surface area contributed by atoms with Crippen LogP contribution in [0.3, 0.4) is 0 Å². The third kappa shape index (κ3) is 12.0. The first-order valence-corrected chi connectivity index (χ1v) is 12.8. The van der Waals surface area contributed by atoms with Gasteiger partial charge in [-0.2, -0.15) is 0 Å². The van der Waals surface area contributed by atoms with Crippen LogP contribution in [-0.2, 0) is 36.9 Å². The van der Waals surface area contributed by atoms with Crippen molar-refractivity contribution < 1.29 is 38.6 Å². The number of aliphatic hydroxyl groups excluding tert-OH is 1. The lowest BCUT2D eigenvalue weighted by molar-refractivity contribution is -0.133. The van der Waals surface area contributed by atoms with Gasteiger partial charge in [0.2, 0.25) is 23.6 Å². The Kier molecular flexibility index (Phi) is 12.1. The molecule has 41 heavy (non-hydrogen) atoms. The molecule has 0 unspecified atom stereocenters. The van der Waals surface area contributed by atoms with Gasteiger partial charge in [-0.3, -0.25) is 19.2 Å². The summed E-state index contributed by atoms with van der Waals surface area (Å²) in [5.41, 5.74) is 11.4. The number of carbonyl (C=O) groups is 5. The number of primary amides is 2. The van der Waals surface area contributed by atoms with Gasteiger partial charge in [-0.1, -0.05) is 42.5 Å². The monoisotopic (exact) mass is 571 g/mol. The van der Waals surface area contributed by atoms with Crippen molar-refractivity contribution in [2.75, 3.05) is 6.61 Å². The van der Waals surface area contributed by atoms with E-state index in [9.17, 15) is 29.1 Å². The van der Waals surface area contributed by atoms with Crippen LogP contribution in [0, 0.1) is 0 Å². The topological polar surface area (TPSA) is 212 Å². The van der Waals surface area contributed by atoms with Gasteiger partial charge < -0.3 is 42.0 Å². The molecule has 2 rings (SSSR count). The number of nitrogens with two attached hydrogens (primary N) is 2. The van der Waals surface area contributed by atoms with Crippen LogP contribution in [0.15, 0.2) is 54.6 Å². The summed E-state index contributed by atoms with van der Waals surface area (Å²) in [6.45, 7) is 4.33. The largest absolute Gasteiger partial charge is 0.489 e. The molecule has 0 fully saturated rings. The molecule has 0 aliphatic rings. The van der Waals surface area contributed by atoms with Crippen LogP contribution in [0.1, 0.15) is 38.3 Å². The Bertz CT molecular complexity index is 1200. The molecule has 0 radical (unpaired) electrons. The van der Waals surface area contributed by atoms with Crippen LogP contribution in [0.2, 0.25) is 0 Å². The van der Waals surface area contributed by atoms with E-state index in [0.717, 1.165) is 5.56 Å². The number of nitrogens with one attached hydrogen (secondary N) is 3. The summed E-state index contributed by atoms with van der Waals surface area (Å²) in [5, 5.41) is 16.6. The van der Waals surface area contributed by atoms with Crippen molar-refractivity contribution in [2.45, 2.75) is 63.9 Å². The Morgan fingerprint density at radius 2 is 1.39 bits per heavy atom. The molecular formula is C28H37N5O8. The molecule has 0 spiro atoms. The third-order valence-corrected chi connectivity index (χ3v) is 5.50. The van der Waals surface area contributed by atoms with Crippen molar-refractivity contribution in [1.29, 1.82) is 0 Å². The maximum atomic E-state index is 12.8. The molecule has 0 aromatic heterocycles.